The van der Waals surface area contributed by atoms with Gasteiger partial charge in [0.05, 0.1) is 19.8 Å². The summed E-state index contributed by atoms with van der Waals surface area (Å²) >= 11 is 0. The lowest BCUT2D eigenvalue weighted by atomic mass is 10.4. The van der Waals surface area contributed by atoms with Gasteiger partial charge in [0.25, 0.3) is 0 Å². The van der Waals surface area contributed by atoms with Crippen LogP contribution in [0, 0.1) is 6.92 Å². The Hall–Kier alpha value is -1.33. The molecule has 0 atom stereocenters. The Labute approximate surface area is 94.7 Å². The van der Waals surface area contributed by atoms with Gasteiger partial charge in [-0.3, -0.25) is 4.79 Å². The Morgan fingerprint density at radius 2 is 2.25 bits per heavy atom. The molecule has 1 aromatic heterocycles. The highest BCUT2D eigenvalue weighted by Gasteiger charge is 2.03. The predicted octanol–water partition coefficient (Wildman–Crippen LogP) is 0.867. The molecule has 16 heavy (non-hydrogen) atoms. The molecule has 0 aliphatic carbocycles. The number of ether oxygens (including phenoxy) is 2. The maximum absolute atomic E-state index is 11.3. The Kier molecular flexibility index (Phi) is 5.60. The third kappa shape index (κ3) is 4.95. The number of rotatable bonds is 7. The lowest BCUT2D eigenvalue weighted by Crippen LogP contribution is -2.27. The van der Waals surface area contributed by atoms with E-state index in [2.05, 4.69) is 5.32 Å². The standard InChI is InChI=1S/C11H17NO4/c1-9-3-4-10(16-9)7-12-11(13)8-15-6-5-14-2/h3-4H,5-8H2,1-2H3,(H,12,13). The topological polar surface area (TPSA) is 60.7 Å². The molecule has 1 rings (SSSR count). The molecule has 5 heteroatoms. The largest absolute Gasteiger partial charge is 0.465 e. The van der Waals surface area contributed by atoms with E-state index in [-0.39, 0.29) is 12.5 Å². The smallest absolute Gasteiger partial charge is 0.246 e. The van der Waals surface area contributed by atoms with Crippen LogP contribution in [0.2, 0.25) is 0 Å². The van der Waals surface area contributed by atoms with Gasteiger partial charge in [-0.05, 0) is 19.1 Å². The number of carbonyl (C=O) groups excluding carboxylic acids is 1. The number of furan rings is 1. The van der Waals surface area contributed by atoms with Crippen molar-refractivity contribution in [2.45, 2.75) is 13.5 Å². The minimum absolute atomic E-state index is 0.0447. The van der Waals surface area contributed by atoms with E-state index in [0.29, 0.717) is 19.8 Å². The van der Waals surface area contributed by atoms with Crippen molar-refractivity contribution >= 4 is 5.91 Å². The maximum Gasteiger partial charge on any atom is 0.246 e. The summed E-state index contributed by atoms with van der Waals surface area (Å²) in [5.41, 5.74) is 0. The molecule has 0 bridgehead atoms. The first-order chi connectivity index (χ1) is 7.72. The van der Waals surface area contributed by atoms with E-state index in [4.69, 9.17) is 13.9 Å². The minimum Gasteiger partial charge on any atom is -0.465 e. The summed E-state index contributed by atoms with van der Waals surface area (Å²) in [6.45, 7) is 3.21. The molecular formula is C11H17NO4. The van der Waals surface area contributed by atoms with Gasteiger partial charge in [0.2, 0.25) is 5.91 Å². The Bertz CT molecular complexity index is 322. The number of aryl methyl sites for hydroxylation is 1. The van der Waals surface area contributed by atoms with Crippen LogP contribution < -0.4 is 5.32 Å². The fourth-order valence-corrected chi connectivity index (χ4v) is 1.12. The summed E-state index contributed by atoms with van der Waals surface area (Å²) in [7, 11) is 1.59. The van der Waals surface area contributed by atoms with E-state index in [0.717, 1.165) is 11.5 Å². The molecule has 0 spiro atoms. The third-order valence-electron chi connectivity index (χ3n) is 1.92. The average molecular weight is 227 g/mol. The molecule has 0 aromatic carbocycles. The summed E-state index contributed by atoms with van der Waals surface area (Å²) in [5.74, 6) is 1.41. The van der Waals surface area contributed by atoms with Crippen LogP contribution in [0.5, 0.6) is 0 Å². The Morgan fingerprint density at radius 3 is 2.88 bits per heavy atom. The zero-order valence-electron chi connectivity index (χ0n) is 9.62. The minimum atomic E-state index is -0.162. The average Bonchev–Trinajstić information content (AvgIpc) is 2.68. The molecule has 0 radical (unpaired) electrons. The van der Waals surface area contributed by atoms with Crippen molar-refractivity contribution < 1.29 is 18.7 Å². The molecule has 0 saturated carbocycles. The van der Waals surface area contributed by atoms with Gasteiger partial charge in [-0.1, -0.05) is 0 Å². The summed E-state index contributed by atoms with van der Waals surface area (Å²) in [6, 6.07) is 3.69. The fourth-order valence-electron chi connectivity index (χ4n) is 1.12. The summed E-state index contributed by atoms with van der Waals surface area (Å²) < 4.78 is 15.1. The van der Waals surface area contributed by atoms with Gasteiger partial charge in [-0.2, -0.15) is 0 Å². The SMILES string of the molecule is COCCOCC(=O)NCc1ccc(C)o1. The van der Waals surface area contributed by atoms with E-state index in [1.54, 1.807) is 7.11 Å². The first-order valence-electron chi connectivity index (χ1n) is 5.11. The summed E-state index contributed by atoms with van der Waals surface area (Å²) in [4.78, 5) is 11.3. The monoisotopic (exact) mass is 227 g/mol. The van der Waals surface area contributed by atoms with Gasteiger partial charge in [-0.25, -0.2) is 0 Å². The highest BCUT2D eigenvalue weighted by molar-refractivity contribution is 5.77. The molecule has 1 N–H and O–H groups in total. The van der Waals surface area contributed by atoms with E-state index >= 15 is 0 Å². The van der Waals surface area contributed by atoms with Crippen molar-refractivity contribution in [1.29, 1.82) is 0 Å². The van der Waals surface area contributed by atoms with Gasteiger partial charge in [0.15, 0.2) is 0 Å². The van der Waals surface area contributed by atoms with Crippen LogP contribution in [-0.4, -0.2) is 32.8 Å². The van der Waals surface area contributed by atoms with Crippen molar-refractivity contribution in [3.63, 3.8) is 0 Å². The number of methoxy groups -OCH3 is 1. The number of hydrogen-bond acceptors (Lipinski definition) is 4. The van der Waals surface area contributed by atoms with Gasteiger partial charge in [0, 0.05) is 7.11 Å². The second kappa shape index (κ2) is 7.03. The van der Waals surface area contributed by atoms with Crippen LogP contribution >= 0.6 is 0 Å². The van der Waals surface area contributed by atoms with Gasteiger partial charge >= 0.3 is 0 Å². The maximum atomic E-state index is 11.3. The van der Waals surface area contributed by atoms with Gasteiger partial charge in [0.1, 0.15) is 18.1 Å². The molecule has 5 nitrogen and oxygen atoms in total. The second-order valence-corrected chi connectivity index (χ2v) is 3.33. The van der Waals surface area contributed by atoms with E-state index in [9.17, 15) is 4.79 Å². The molecule has 0 fully saturated rings. The molecule has 90 valence electrons. The summed E-state index contributed by atoms with van der Waals surface area (Å²) in [6.07, 6.45) is 0. The lowest BCUT2D eigenvalue weighted by molar-refractivity contribution is -0.126. The third-order valence-corrected chi connectivity index (χ3v) is 1.92. The van der Waals surface area contributed by atoms with Crippen LogP contribution in [0.25, 0.3) is 0 Å². The van der Waals surface area contributed by atoms with Crippen molar-refractivity contribution in [2.75, 3.05) is 26.9 Å². The molecule has 0 aliphatic heterocycles. The Morgan fingerprint density at radius 1 is 1.44 bits per heavy atom. The zero-order chi connectivity index (χ0) is 11.8. The number of hydrogen-bond donors (Lipinski definition) is 1. The van der Waals surface area contributed by atoms with Crippen LogP contribution in [0.4, 0.5) is 0 Å². The highest BCUT2D eigenvalue weighted by atomic mass is 16.5. The molecule has 0 aliphatic rings. The normalized spacial score (nSPS) is 10.4. The van der Waals surface area contributed by atoms with Crippen molar-refractivity contribution in [3.8, 4) is 0 Å². The molecule has 1 amide bonds. The quantitative estimate of drug-likeness (QED) is 0.702. The van der Waals surface area contributed by atoms with E-state index in [1.165, 1.54) is 0 Å². The van der Waals surface area contributed by atoms with Crippen LogP contribution in [-0.2, 0) is 20.8 Å². The zero-order valence-corrected chi connectivity index (χ0v) is 9.62. The molecule has 0 unspecified atom stereocenters. The summed E-state index contributed by atoms with van der Waals surface area (Å²) in [5, 5.41) is 2.69. The number of amides is 1. The number of nitrogens with one attached hydrogen (secondary N) is 1. The van der Waals surface area contributed by atoms with Crippen LogP contribution in [0.3, 0.4) is 0 Å². The highest BCUT2D eigenvalue weighted by Crippen LogP contribution is 2.05. The Balaban J connectivity index is 2.10. The molecule has 1 aromatic rings. The molecular weight excluding hydrogens is 210 g/mol. The second-order valence-electron chi connectivity index (χ2n) is 3.33. The van der Waals surface area contributed by atoms with Crippen LogP contribution in [0.1, 0.15) is 11.5 Å². The van der Waals surface area contributed by atoms with Gasteiger partial charge in [-0.15, -0.1) is 0 Å². The van der Waals surface area contributed by atoms with Crippen molar-refractivity contribution in [3.05, 3.63) is 23.7 Å². The van der Waals surface area contributed by atoms with Crippen molar-refractivity contribution in [2.24, 2.45) is 0 Å². The first-order valence-corrected chi connectivity index (χ1v) is 5.11. The predicted molar refractivity (Wildman–Crippen MR) is 58.0 cm³/mol. The first kappa shape index (κ1) is 12.7. The molecule has 0 saturated heterocycles. The molecule has 1 heterocycles. The van der Waals surface area contributed by atoms with E-state index < -0.39 is 0 Å². The number of carbonyl (C=O) groups is 1. The van der Waals surface area contributed by atoms with Crippen molar-refractivity contribution in [1.82, 2.24) is 5.32 Å². The van der Waals surface area contributed by atoms with Gasteiger partial charge < -0.3 is 19.2 Å². The van der Waals surface area contributed by atoms with Crippen LogP contribution in [0.15, 0.2) is 16.5 Å². The fraction of sp³-hybridized carbons (Fsp3) is 0.545. The lowest BCUT2D eigenvalue weighted by Gasteiger charge is -2.04. The van der Waals surface area contributed by atoms with E-state index in [1.807, 2.05) is 19.1 Å².